The number of esters is 1. The minimum Gasteiger partial charge on any atom is -0.461 e. The molecule has 1 aromatic carbocycles. The smallest absolute Gasteiger partial charge is 0.348 e. The van der Waals surface area contributed by atoms with Gasteiger partial charge in [-0.1, -0.05) is 43.7 Å². The van der Waals surface area contributed by atoms with Gasteiger partial charge in [-0.3, -0.25) is 9.36 Å². The SMILES string of the molecule is Cc1ccc(Cn2cnc3sc(C(=O)OCC(C)C)c(C)c3c2=O)cc1. The Balaban J connectivity index is 1.96. The average Bonchev–Trinajstić information content (AvgIpc) is 2.94. The molecular formula is C20H22N2O3S. The van der Waals surface area contributed by atoms with Crippen molar-refractivity contribution in [3.05, 3.63) is 62.5 Å². The summed E-state index contributed by atoms with van der Waals surface area (Å²) in [5, 5.41) is 0.501. The van der Waals surface area contributed by atoms with E-state index in [2.05, 4.69) is 4.98 Å². The first-order valence-corrected chi connectivity index (χ1v) is 9.39. The average molecular weight is 370 g/mol. The molecule has 2 aromatic heterocycles. The molecule has 0 saturated heterocycles. The van der Waals surface area contributed by atoms with Gasteiger partial charge in [-0.2, -0.15) is 0 Å². The lowest BCUT2D eigenvalue weighted by Gasteiger charge is -2.06. The zero-order valence-corrected chi connectivity index (χ0v) is 16.2. The number of ether oxygens (including phenoxy) is 1. The summed E-state index contributed by atoms with van der Waals surface area (Å²) in [5.41, 5.74) is 2.72. The molecule has 0 fully saturated rings. The zero-order chi connectivity index (χ0) is 18.8. The summed E-state index contributed by atoms with van der Waals surface area (Å²) in [7, 11) is 0. The van der Waals surface area contributed by atoms with Gasteiger partial charge in [0.05, 0.1) is 24.9 Å². The Hall–Kier alpha value is -2.47. The Morgan fingerprint density at radius 2 is 1.92 bits per heavy atom. The Bertz CT molecular complexity index is 1000. The lowest BCUT2D eigenvalue weighted by atomic mass is 10.1. The molecule has 26 heavy (non-hydrogen) atoms. The molecule has 0 aliphatic heterocycles. The van der Waals surface area contributed by atoms with E-state index in [0.717, 1.165) is 5.56 Å². The predicted octanol–water partition coefficient (Wildman–Crippen LogP) is 3.94. The number of benzene rings is 1. The standard InChI is InChI=1S/C20H22N2O3S/c1-12(2)10-25-20(24)17-14(4)16-18(26-17)21-11-22(19(16)23)9-15-7-5-13(3)6-8-15/h5-8,11-12H,9-10H2,1-4H3. The second-order valence-electron chi connectivity index (χ2n) is 6.89. The summed E-state index contributed by atoms with van der Waals surface area (Å²) in [6.07, 6.45) is 1.55. The summed E-state index contributed by atoms with van der Waals surface area (Å²) in [5.74, 6) is -0.123. The highest BCUT2D eigenvalue weighted by molar-refractivity contribution is 7.20. The molecule has 0 spiro atoms. The van der Waals surface area contributed by atoms with E-state index in [0.29, 0.717) is 33.8 Å². The molecule has 2 heterocycles. The lowest BCUT2D eigenvalue weighted by molar-refractivity contribution is 0.0464. The molecule has 0 aliphatic carbocycles. The van der Waals surface area contributed by atoms with Crippen molar-refractivity contribution in [2.45, 2.75) is 34.2 Å². The monoisotopic (exact) mass is 370 g/mol. The van der Waals surface area contributed by atoms with E-state index in [1.54, 1.807) is 17.8 Å². The van der Waals surface area contributed by atoms with Crippen molar-refractivity contribution in [2.75, 3.05) is 6.61 Å². The van der Waals surface area contributed by atoms with Gasteiger partial charge in [0.1, 0.15) is 9.71 Å². The van der Waals surface area contributed by atoms with Crippen molar-refractivity contribution in [3.63, 3.8) is 0 Å². The molecule has 0 bridgehead atoms. The van der Waals surface area contributed by atoms with Gasteiger partial charge in [-0.05, 0) is 30.9 Å². The Morgan fingerprint density at radius 3 is 2.58 bits per heavy atom. The number of nitrogens with zero attached hydrogens (tertiary/aromatic N) is 2. The van der Waals surface area contributed by atoms with E-state index in [9.17, 15) is 9.59 Å². The molecule has 5 nitrogen and oxygen atoms in total. The largest absolute Gasteiger partial charge is 0.461 e. The lowest BCUT2D eigenvalue weighted by Crippen LogP contribution is -2.21. The predicted molar refractivity (Wildman–Crippen MR) is 104 cm³/mol. The third kappa shape index (κ3) is 3.70. The van der Waals surface area contributed by atoms with Gasteiger partial charge >= 0.3 is 5.97 Å². The van der Waals surface area contributed by atoms with Crippen LogP contribution in [0.1, 0.15) is 40.2 Å². The van der Waals surface area contributed by atoms with Gasteiger partial charge in [-0.15, -0.1) is 11.3 Å². The van der Waals surface area contributed by atoms with E-state index < -0.39 is 0 Å². The fraction of sp³-hybridized carbons (Fsp3) is 0.350. The molecule has 3 rings (SSSR count). The Kier molecular flexibility index (Phi) is 5.23. The topological polar surface area (TPSA) is 61.2 Å². The molecule has 0 radical (unpaired) electrons. The summed E-state index contributed by atoms with van der Waals surface area (Å²) in [4.78, 5) is 30.6. The van der Waals surface area contributed by atoms with Crippen LogP contribution in [0.4, 0.5) is 0 Å². The number of thiophene rings is 1. The van der Waals surface area contributed by atoms with E-state index in [4.69, 9.17) is 4.74 Å². The molecule has 136 valence electrons. The van der Waals surface area contributed by atoms with Crippen LogP contribution in [0, 0.1) is 19.8 Å². The van der Waals surface area contributed by atoms with Crippen LogP contribution >= 0.6 is 11.3 Å². The maximum atomic E-state index is 12.9. The van der Waals surface area contributed by atoms with Gasteiger partial charge in [0.2, 0.25) is 0 Å². The second kappa shape index (κ2) is 7.41. The van der Waals surface area contributed by atoms with Crippen LogP contribution in [0.5, 0.6) is 0 Å². The Morgan fingerprint density at radius 1 is 1.23 bits per heavy atom. The maximum absolute atomic E-state index is 12.9. The minimum absolute atomic E-state index is 0.132. The molecule has 3 aromatic rings. The number of fused-ring (bicyclic) bond motifs is 1. The van der Waals surface area contributed by atoms with Crippen LogP contribution < -0.4 is 5.56 Å². The van der Waals surface area contributed by atoms with Crippen LogP contribution in [0.2, 0.25) is 0 Å². The zero-order valence-electron chi connectivity index (χ0n) is 15.4. The third-order valence-corrected chi connectivity index (χ3v) is 5.30. The number of carbonyl (C=O) groups is 1. The molecule has 0 aliphatic rings. The van der Waals surface area contributed by atoms with E-state index in [-0.39, 0.29) is 17.4 Å². The minimum atomic E-state index is -0.385. The summed E-state index contributed by atoms with van der Waals surface area (Å²) < 4.78 is 6.89. The third-order valence-electron chi connectivity index (χ3n) is 4.12. The second-order valence-corrected chi connectivity index (χ2v) is 7.89. The fourth-order valence-corrected chi connectivity index (χ4v) is 3.70. The van der Waals surface area contributed by atoms with Gasteiger partial charge in [0, 0.05) is 0 Å². The van der Waals surface area contributed by atoms with Gasteiger partial charge < -0.3 is 4.74 Å². The summed E-state index contributed by atoms with van der Waals surface area (Å²) >= 11 is 1.22. The first kappa shape index (κ1) is 18.3. The van der Waals surface area contributed by atoms with Crippen molar-refractivity contribution >= 4 is 27.5 Å². The number of aryl methyl sites for hydroxylation is 2. The highest BCUT2D eigenvalue weighted by Crippen LogP contribution is 2.27. The quantitative estimate of drug-likeness (QED) is 0.638. The molecule has 0 amide bonds. The first-order valence-electron chi connectivity index (χ1n) is 8.58. The number of hydrogen-bond acceptors (Lipinski definition) is 5. The normalized spacial score (nSPS) is 11.3. The number of rotatable bonds is 5. The van der Waals surface area contributed by atoms with Crippen molar-refractivity contribution in [3.8, 4) is 0 Å². The Labute approximate surface area is 156 Å². The number of carbonyl (C=O) groups excluding carboxylic acids is 1. The number of aromatic nitrogens is 2. The fourth-order valence-electron chi connectivity index (χ4n) is 2.66. The van der Waals surface area contributed by atoms with Crippen molar-refractivity contribution in [1.29, 1.82) is 0 Å². The van der Waals surface area contributed by atoms with Gasteiger partial charge in [-0.25, -0.2) is 9.78 Å². The first-order chi connectivity index (χ1) is 12.4. The van der Waals surface area contributed by atoms with E-state index >= 15 is 0 Å². The molecular weight excluding hydrogens is 348 g/mol. The van der Waals surface area contributed by atoms with Crippen molar-refractivity contribution in [1.82, 2.24) is 9.55 Å². The van der Waals surface area contributed by atoms with Crippen molar-refractivity contribution in [2.24, 2.45) is 5.92 Å². The summed E-state index contributed by atoms with van der Waals surface area (Å²) in [6.45, 7) is 8.58. The highest BCUT2D eigenvalue weighted by atomic mass is 32.1. The van der Waals surface area contributed by atoms with Crippen LogP contribution in [-0.2, 0) is 11.3 Å². The molecule has 0 unspecified atom stereocenters. The summed E-state index contributed by atoms with van der Waals surface area (Å²) in [6, 6.07) is 8.04. The molecule has 0 saturated carbocycles. The maximum Gasteiger partial charge on any atom is 0.348 e. The number of hydrogen-bond donors (Lipinski definition) is 0. The van der Waals surface area contributed by atoms with Crippen LogP contribution in [-0.4, -0.2) is 22.1 Å². The van der Waals surface area contributed by atoms with E-state index in [1.165, 1.54) is 16.9 Å². The molecule has 0 atom stereocenters. The molecule has 6 heteroatoms. The van der Waals surface area contributed by atoms with Gasteiger partial charge in [0.25, 0.3) is 5.56 Å². The van der Waals surface area contributed by atoms with Crippen LogP contribution in [0.15, 0.2) is 35.4 Å². The van der Waals surface area contributed by atoms with E-state index in [1.807, 2.05) is 45.0 Å². The van der Waals surface area contributed by atoms with Crippen LogP contribution in [0.25, 0.3) is 10.2 Å². The highest BCUT2D eigenvalue weighted by Gasteiger charge is 2.20. The van der Waals surface area contributed by atoms with Gasteiger partial charge in [0.15, 0.2) is 0 Å². The van der Waals surface area contributed by atoms with Crippen molar-refractivity contribution < 1.29 is 9.53 Å². The van der Waals surface area contributed by atoms with Crippen LogP contribution in [0.3, 0.4) is 0 Å². The molecule has 0 N–H and O–H groups in total.